The first-order valence-electron chi connectivity index (χ1n) is 11.8. The van der Waals surface area contributed by atoms with Gasteiger partial charge in [0.25, 0.3) is 0 Å². The normalized spacial score (nSPS) is 15.7. The van der Waals surface area contributed by atoms with Gasteiger partial charge in [-0.15, -0.1) is 0 Å². The highest BCUT2D eigenvalue weighted by Crippen LogP contribution is 2.31. The van der Waals surface area contributed by atoms with E-state index in [1.165, 1.54) is 25.7 Å². The minimum Gasteiger partial charge on any atom is -0.326 e. The lowest BCUT2D eigenvalue weighted by atomic mass is 10.0. The summed E-state index contributed by atoms with van der Waals surface area (Å²) in [4.78, 5) is 32.7. The van der Waals surface area contributed by atoms with E-state index in [1.54, 1.807) is 0 Å². The summed E-state index contributed by atoms with van der Waals surface area (Å²) in [6.45, 7) is 3.33. The van der Waals surface area contributed by atoms with E-state index in [9.17, 15) is 9.59 Å². The van der Waals surface area contributed by atoms with Crippen molar-refractivity contribution in [2.45, 2.75) is 58.4 Å². The molecule has 2 amide bonds. The molecule has 6 nitrogen and oxygen atoms in total. The van der Waals surface area contributed by atoms with Gasteiger partial charge in [0.15, 0.2) is 0 Å². The third-order valence-electron chi connectivity index (χ3n) is 6.12. The molecule has 0 saturated carbocycles. The Kier molecular flexibility index (Phi) is 7.20. The molecule has 0 saturated heterocycles. The van der Waals surface area contributed by atoms with Crippen LogP contribution in [-0.4, -0.2) is 27.9 Å². The minimum absolute atomic E-state index is 0.00424. The Bertz CT molecular complexity index is 1060. The number of nitrogens with zero attached hydrogens (tertiary/aromatic N) is 3. The van der Waals surface area contributed by atoms with Gasteiger partial charge in [-0.2, -0.15) is 0 Å². The fraction of sp³-hybridized carbons (Fsp3) is 0.423. The Hall–Kier alpha value is -3.15. The van der Waals surface area contributed by atoms with Gasteiger partial charge < -0.3 is 9.88 Å². The molecule has 32 heavy (non-hydrogen) atoms. The second kappa shape index (κ2) is 10.4. The van der Waals surface area contributed by atoms with Gasteiger partial charge in [-0.05, 0) is 30.7 Å². The third-order valence-corrected chi connectivity index (χ3v) is 6.12. The largest absolute Gasteiger partial charge is 0.326 e. The van der Waals surface area contributed by atoms with Gasteiger partial charge in [-0.1, -0.05) is 69.4 Å². The van der Waals surface area contributed by atoms with Crippen LogP contribution < -0.4 is 10.2 Å². The SMILES string of the molecule is CCCCCCCCN1C(=O)C(CC(=O)Nc2ccccc2)Cn2c1nc1ccccc12. The predicted octanol–water partition coefficient (Wildman–Crippen LogP) is 5.39. The number of aromatic nitrogens is 2. The molecule has 168 valence electrons. The van der Waals surface area contributed by atoms with Crippen LogP contribution in [0.3, 0.4) is 0 Å². The Morgan fingerprint density at radius 1 is 1.00 bits per heavy atom. The topological polar surface area (TPSA) is 67.2 Å². The second-order valence-electron chi connectivity index (χ2n) is 8.58. The van der Waals surface area contributed by atoms with Crippen LogP contribution >= 0.6 is 0 Å². The monoisotopic (exact) mass is 432 g/mol. The third kappa shape index (κ3) is 5.01. The van der Waals surface area contributed by atoms with Gasteiger partial charge in [0.1, 0.15) is 0 Å². The molecule has 3 aromatic rings. The zero-order valence-corrected chi connectivity index (χ0v) is 18.8. The summed E-state index contributed by atoms with van der Waals surface area (Å²) in [5.41, 5.74) is 2.65. The Labute approximate surface area is 189 Å². The summed E-state index contributed by atoms with van der Waals surface area (Å²) in [5.74, 6) is 0.180. The van der Waals surface area contributed by atoms with Gasteiger partial charge in [-0.3, -0.25) is 14.5 Å². The van der Waals surface area contributed by atoms with Gasteiger partial charge in [-0.25, -0.2) is 4.98 Å². The van der Waals surface area contributed by atoms with Crippen LogP contribution in [0.5, 0.6) is 0 Å². The molecule has 1 aromatic heterocycles. The van der Waals surface area contributed by atoms with Crippen molar-refractivity contribution >= 4 is 34.5 Å². The molecule has 1 atom stereocenters. The molecule has 1 N–H and O–H groups in total. The van der Waals surface area contributed by atoms with Crippen LogP contribution in [0.25, 0.3) is 11.0 Å². The molecule has 1 aliphatic rings. The van der Waals surface area contributed by atoms with Gasteiger partial charge in [0, 0.05) is 25.2 Å². The van der Waals surface area contributed by atoms with Gasteiger partial charge in [0.05, 0.1) is 17.0 Å². The summed E-state index contributed by atoms with van der Waals surface area (Å²) in [7, 11) is 0. The average Bonchev–Trinajstić information content (AvgIpc) is 3.17. The van der Waals surface area contributed by atoms with Crippen molar-refractivity contribution in [3.63, 3.8) is 0 Å². The summed E-state index contributed by atoms with van der Waals surface area (Å²) in [6, 6.07) is 17.3. The summed E-state index contributed by atoms with van der Waals surface area (Å²) in [6.07, 6.45) is 7.12. The number of hydrogen-bond acceptors (Lipinski definition) is 3. The molecule has 0 spiro atoms. The summed E-state index contributed by atoms with van der Waals surface area (Å²) in [5, 5.41) is 2.92. The molecule has 1 unspecified atom stereocenters. The number of carbonyl (C=O) groups excluding carboxylic acids is 2. The highest BCUT2D eigenvalue weighted by Gasteiger charge is 2.36. The molecule has 0 radical (unpaired) electrons. The number of benzene rings is 2. The van der Waals surface area contributed by atoms with E-state index in [-0.39, 0.29) is 18.2 Å². The summed E-state index contributed by atoms with van der Waals surface area (Å²) < 4.78 is 2.11. The first-order chi connectivity index (χ1) is 15.7. The number of rotatable bonds is 10. The van der Waals surface area contributed by atoms with E-state index < -0.39 is 5.92 Å². The Morgan fingerprint density at radius 3 is 2.53 bits per heavy atom. The number of unbranched alkanes of at least 4 members (excludes halogenated alkanes) is 5. The number of anilines is 2. The molecule has 2 heterocycles. The van der Waals surface area contributed by atoms with Crippen molar-refractivity contribution in [2.24, 2.45) is 5.92 Å². The summed E-state index contributed by atoms with van der Waals surface area (Å²) >= 11 is 0. The highest BCUT2D eigenvalue weighted by atomic mass is 16.2. The maximum atomic E-state index is 13.4. The zero-order chi connectivity index (χ0) is 22.3. The molecule has 0 aliphatic carbocycles. The second-order valence-corrected chi connectivity index (χ2v) is 8.58. The van der Waals surface area contributed by atoms with E-state index in [0.717, 1.165) is 29.6 Å². The van der Waals surface area contributed by atoms with Gasteiger partial charge >= 0.3 is 0 Å². The number of nitrogens with one attached hydrogen (secondary N) is 1. The van der Waals surface area contributed by atoms with Crippen LogP contribution in [0, 0.1) is 5.92 Å². The van der Waals surface area contributed by atoms with Crippen LogP contribution in [0.2, 0.25) is 0 Å². The average molecular weight is 433 g/mol. The molecule has 1 aliphatic heterocycles. The van der Waals surface area contributed by atoms with Crippen molar-refractivity contribution in [2.75, 3.05) is 16.8 Å². The molecule has 0 fully saturated rings. The van der Waals surface area contributed by atoms with E-state index >= 15 is 0 Å². The van der Waals surface area contributed by atoms with E-state index in [4.69, 9.17) is 4.98 Å². The molecule has 4 rings (SSSR count). The fourth-order valence-electron chi connectivity index (χ4n) is 4.44. The molecule has 0 bridgehead atoms. The molecular weight excluding hydrogens is 400 g/mol. The quantitative estimate of drug-likeness (QED) is 0.437. The number of carbonyl (C=O) groups is 2. The Balaban J connectivity index is 1.50. The first kappa shape index (κ1) is 22.1. The van der Waals surface area contributed by atoms with Crippen molar-refractivity contribution in [3.8, 4) is 0 Å². The lowest BCUT2D eigenvalue weighted by Crippen LogP contribution is -2.45. The zero-order valence-electron chi connectivity index (χ0n) is 18.8. The maximum absolute atomic E-state index is 13.4. The van der Waals surface area contributed by atoms with E-state index in [2.05, 4.69) is 16.8 Å². The maximum Gasteiger partial charge on any atom is 0.234 e. The van der Waals surface area contributed by atoms with Gasteiger partial charge in [0.2, 0.25) is 17.8 Å². The van der Waals surface area contributed by atoms with Crippen molar-refractivity contribution in [1.82, 2.24) is 9.55 Å². The minimum atomic E-state index is -0.399. The fourth-order valence-corrected chi connectivity index (χ4v) is 4.44. The number of imidazole rings is 1. The molecule has 6 heteroatoms. The number of fused-ring (bicyclic) bond motifs is 3. The van der Waals surface area contributed by atoms with Crippen molar-refractivity contribution < 1.29 is 9.59 Å². The van der Waals surface area contributed by atoms with E-state index in [0.29, 0.717) is 19.0 Å². The number of amides is 2. The molecular formula is C26H32N4O2. The Morgan fingerprint density at radius 2 is 1.72 bits per heavy atom. The van der Waals surface area contributed by atoms with Crippen molar-refractivity contribution in [3.05, 3.63) is 54.6 Å². The van der Waals surface area contributed by atoms with Crippen LogP contribution in [0.15, 0.2) is 54.6 Å². The predicted molar refractivity (Wildman–Crippen MR) is 129 cm³/mol. The lowest BCUT2D eigenvalue weighted by Gasteiger charge is -2.32. The highest BCUT2D eigenvalue weighted by molar-refractivity contribution is 6.01. The molecule has 2 aromatic carbocycles. The van der Waals surface area contributed by atoms with Crippen LogP contribution in [-0.2, 0) is 16.1 Å². The van der Waals surface area contributed by atoms with Crippen molar-refractivity contribution in [1.29, 1.82) is 0 Å². The number of para-hydroxylation sites is 3. The van der Waals surface area contributed by atoms with Crippen LogP contribution in [0.1, 0.15) is 51.9 Å². The van der Waals surface area contributed by atoms with Crippen LogP contribution in [0.4, 0.5) is 11.6 Å². The standard InChI is InChI=1S/C26H32N4O2/c1-2-3-4-5-6-12-17-29-25(32)20(18-24(31)27-21-13-8-7-9-14-21)19-30-23-16-11-10-15-22(23)28-26(29)30/h7-11,13-16,20H,2-6,12,17-19H2,1H3,(H,27,31). The van der Waals surface area contributed by atoms with E-state index in [1.807, 2.05) is 59.5 Å². The number of hydrogen-bond donors (Lipinski definition) is 1. The first-order valence-corrected chi connectivity index (χ1v) is 11.8. The lowest BCUT2D eigenvalue weighted by molar-refractivity contribution is -0.127. The smallest absolute Gasteiger partial charge is 0.234 e.